The number of hydrogen-bond donors (Lipinski definition) is 2. The van der Waals surface area contributed by atoms with E-state index in [0.29, 0.717) is 34.6 Å². The third-order valence-corrected chi connectivity index (χ3v) is 7.47. The lowest BCUT2D eigenvalue weighted by molar-refractivity contribution is 0.600. The van der Waals surface area contributed by atoms with Gasteiger partial charge in [0.1, 0.15) is 29.2 Å². The second kappa shape index (κ2) is 9.60. The Hall–Kier alpha value is -4.77. The van der Waals surface area contributed by atoms with Crippen LogP contribution in [-0.4, -0.2) is 29.5 Å². The quantitative estimate of drug-likeness (QED) is 0.318. The van der Waals surface area contributed by atoms with Crippen LogP contribution in [0.5, 0.6) is 0 Å². The molecule has 0 aliphatic carbocycles. The van der Waals surface area contributed by atoms with E-state index in [1.54, 1.807) is 41.9 Å². The molecule has 1 atom stereocenters. The molecular weight excluding hydrogens is 503 g/mol. The van der Waals surface area contributed by atoms with Gasteiger partial charge in [0.25, 0.3) is 5.56 Å². The van der Waals surface area contributed by atoms with Gasteiger partial charge in [-0.2, -0.15) is 0 Å². The third kappa shape index (κ3) is 4.33. The molecule has 6 rings (SSSR count). The summed E-state index contributed by atoms with van der Waals surface area (Å²) in [5.41, 5.74) is 8.59. The highest BCUT2D eigenvalue weighted by atomic mass is 32.1. The molecule has 6 aromatic rings. The van der Waals surface area contributed by atoms with Crippen LogP contribution in [0.3, 0.4) is 0 Å². The molecule has 11 heteroatoms. The number of pyridine rings is 2. The van der Waals surface area contributed by atoms with Gasteiger partial charge in [0.2, 0.25) is 0 Å². The van der Waals surface area contributed by atoms with Crippen molar-refractivity contribution in [3.63, 3.8) is 0 Å². The van der Waals surface area contributed by atoms with Crippen LogP contribution >= 0.6 is 11.3 Å². The largest absolute Gasteiger partial charge is 0.383 e. The number of nitrogens with two attached hydrogens (primary N) is 1. The van der Waals surface area contributed by atoms with E-state index in [1.165, 1.54) is 29.4 Å². The number of fused-ring (bicyclic) bond motifs is 2. The molecule has 0 amide bonds. The zero-order chi connectivity index (χ0) is 26.2. The first kappa shape index (κ1) is 23.6. The van der Waals surface area contributed by atoms with Gasteiger partial charge in [0, 0.05) is 16.5 Å². The van der Waals surface area contributed by atoms with E-state index in [4.69, 9.17) is 5.73 Å². The summed E-state index contributed by atoms with van der Waals surface area (Å²) in [5.74, 6) is 0.531. The summed E-state index contributed by atoms with van der Waals surface area (Å²) in [6.45, 7) is 2.33. The molecule has 38 heavy (non-hydrogen) atoms. The Bertz CT molecular complexity index is 1850. The van der Waals surface area contributed by atoms with Crippen LogP contribution in [0.4, 0.5) is 16.0 Å². The van der Waals surface area contributed by atoms with Crippen LogP contribution in [-0.2, 0) is 6.54 Å². The number of benzene rings is 1. The first-order valence-corrected chi connectivity index (χ1v) is 12.6. The van der Waals surface area contributed by atoms with Gasteiger partial charge in [-0.25, -0.2) is 24.3 Å². The number of thiophene rings is 1. The van der Waals surface area contributed by atoms with Crippen LogP contribution < -0.4 is 16.6 Å². The standard InChI is InChI=1S/C27H21FN8OS/c1-15(16-2-4-17(28)5-3-16)36-14-35-20-8-9-30-26(24(20)27(36)37)32-11-18-6-7-23(38-18)21-10-19-22(12-31-21)33-13-34-25(19)29/h2-10,12-15H,11H2,1H3,(H,30,32)(H2,29,33,34). The Morgan fingerprint density at radius 3 is 2.71 bits per heavy atom. The van der Waals surface area contributed by atoms with E-state index in [1.807, 2.05) is 25.1 Å². The molecule has 9 nitrogen and oxygen atoms in total. The molecule has 5 aromatic heterocycles. The highest BCUT2D eigenvalue weighted by molar-refractivity contribution is 7.15. The first-order valence-electron chi connectivity index (χ1n) is 11.8. The molecule has 0 saturated heterocycles. The molecule has 188 valence electrons. The zero-order valence-electron chi connectivity index (χ0n) is 20.2. The molecule has 1 aromatic carbocycles. The van der Waals surface area contributed by atoms with Gasteiger partial charge in [-0.3, -0.25) is 14.3 Å². The van der Waals surface area contributed by atoms with Crippen LogP contribution in [0, 0.1) is 5.82 Å². The summed E-state index contributed by atoms with van der Waals surface area (Å²) in [5, 5.41) is 4.45. The van der Waals surface area contributed by atoms with E-state index < -0.39 is 0 Å². The van der Waals surface area contributed by atoms with Crippen molar-refractivity contribution in [1.82, 2.24) is 29.5 Å². The smallest absolute Gasteiger partial charge is 0.265 e. The average Bonchev–Trinajstić information content (AvgIpc) is 3.41. The maximum absolute atomic E-state index is 13.5. The monoisotopic (exact) mass is 524 g/mol. The van der Waals surface area contributed by atoms with Gasteiger partial charge >= 0.3 is 0 Å². The SMILES string of the molecule is CC(c1ccc(F)cc1)n1cnc2ccnc(NCc3ccc(-c4cc5c(N)ncnc5cn4)s3)c2c1=O. The number of halogens is 1. The molecule has 5 heterocycles. The fourth-order valence-corrected chi connectivity index (χ4v) is 5.20. The molecular formula is C27H21FN8OS. The van der Waals surface area contributed by atoms with Crippen LogP contribution in [0.1, 0.15) is 23.4 Å². The Labute approximate surface area is 219 Å². The minimum absolute atomic E-state index is 0.227. The second-order valence-electron chi connectivity index (χ2n) is 8.70. The molecule has 1 unspecified atom stereocenters. The minimum Gasteiger partial charge on any atom is -0.383 e. The van der Waals surface area contributed by atoms with Gasteiger partial charge in [0.05, 0.1) is 46.7 Å². The number of nitrogens with zero attached hydrogens (tertiary/aromatic N) is 6. The maximum Gasteiger partial charge on any atom is 0.265 e. The van der Waals surface area contributed by atoms with Crippen molar-refractivity contribution in [2.75, 3.05) is 11.1 Å². The molecule has 0 saturated carbocycles. The lowest BCUT2D eigenvalue weighted by atomic mass is 10.1. The van der Waals surface area contributed by atoms with E-state index in [2.05, 4.69) is 30.2 Å². The van der Waals surface area contributed by atoms with Gasteiger partial charge in [-0.1, -0.05) is 12.1 Å². The van der Waals surface area contributed by atoms with Crippen LogP contribution in [0.15, 0.2) is 78.4 Å². The van der Waals surface area contributed by atoms with Crippen LogP contribution in [0.2, 0.25) is 0 Å². The fraction of sp³-hybridized carbons (Fsp3) is 0.111. The van der Waals surface area contributed by atoms with Gasteiger partial charge < -0.3 is 11.1 Å². The molecule has 3 N–H and O–H groups in total. The maximum atomic E-state index is 13.5. The van der Waals surface area contributed by atoms with Gasteiger partial charge in [0.15, 0.2) is 0 Å². The van der Waals surface area contributed by atoms with Crippen molar-refractivity contribution in [3.8, 4) is 10.6 Å². The average molecular weight is 525 g/mol. The number of aromatic nitrogens is 6. The molecule has 0 bridgehead atoms. The van der Waals surface area contributed by atoms with E-state index in [-0.39, 0.29) is 17.4 Å². The lowest BCUT2D eigenvalue weighted by Crippen LogP contribution is -2.25. The summed E-state index contributed by atoms with van der Waals surface area (Å²) in [6, 6.07) is 13.3. The predicted octanol–water partition coefficient (Wildman–Crippen LogP) is 4.80. The summed E-state index contributed by atoms with van der Waals surface area (Å²) in [6.07, 6.45) is 6.24. The predicted molar refractivity (Wildman–Crippen MR) is 146 cm³/mol. The van der Waals surface area contributed by atoms with E-state index in [0.717, 1.165) is 26.4 Å². The summed E-state index contributed by atoms with van der Waals surface area (Å²) >= 11 is 1.57. The zero-order valence-corrected chi connectivity index (χ0v) is 21.0. The molecule has 0 fully saturated rings. The Kier molecular flexibility index (Phi) is 5.97. The van der Waals surface area contributed by atoms with Crippen molar-refractivity contribution >= 4 is 44.8 Å². The second-order valence-corrected chi connectivity index (χ2v) is 9.87. The number of nitrogen functional groups attached to an aromatic ring is 1. The minimum atomic E-state index is -0.332. The van der Waals surface area contributed by atoms with Crippen molar-refractivity contribution in [2.24, 2.45) is 0 Å². The Morgan fingerprint density at radius 2 is 1.87 bits per heavy atom. The summed E-state index contributed by atoms with van der Waals surface area (Å²) in [7, 11) is 0. The van der Waals surface area contributed by atoms with Crippen molar-refractivity contribution in [2.45, 2.75) is 19.5 Å². The van der Waals surface area contributed by atoms with Crippen molar-refractivity contribution in [3.05, 3.63) is 100 Å². The topological polar surface area (TPSA) is 124 Å². The molecule has 0 spiro atoms. The fourth-order valence-electron chi connectivity index (χ4n) is 4.28. The van der Waals surface area contributed by atoms with E-state index in [9.17, 15) is 9.18 Å². The summed E-state index contributed by atoms with van der Waals surface area (Å²) < 4.78 is 14.9. The third-order valence-electron chi connectivity index (χ3n) is 6.36. The van der Waals surface area contributed by atoms with Crippen molar-refractivity contribution in [1.29, 1.82) is 0 Å². The highest BCUT2D eigenvalue weighted by Crippen LogP contribution is 2.30. The van der Waals surface area contributed by atoms with Crippen LogP contribution in [0.25, 0.3) is 32.4 Å². The number of nitrogens with one attached hydrogen (secondary N) is 1. The van der Waals surface area contributed by atoms with E-state index >= 15 is 0 Å². The number of anilines is 2. The molecule has 0 radical (unpaired) electrons. The first-order chi connectivity index (χ1) is 18.5. The number of rotatable bonds is 6. The molecule has 0 aliphatic rings. The molecule has 0 aliphatic heterocycles. The van der Waals surface area contributed by atoms with Gasteiger partial charge in [-0.15, -0.1) is 11.3 Å². The van der Waals surface area contributed by atoms with Crippen molar-refractivity contribution < 1.29 is 4.39 Å². The Balaban J connectivity index is 1.28. The van der Waals surface area contributed by atoms with Gasteiger partial charge in [-0.05, 0) is 48.9 Å². The Morgan fingerprint density at radius 1 is 1.03 bits per heavy atom. The normalized spacial score (nSPS) is 12.2. The highest BCUT2D eigenvalue weighted by Gasteiger charge is 2.16. The lowest BCUT2D eigenvalue weighted by Gasteiger charge is -2.16. The summed E-state index contributed by atoms with van der Waals surface area (Å²) in [4.78, 5) is 37.2. The number of hydrogen-bond acceptors (Lipinski definition) is 9.